The predicted molar refractivity (Wildman–Crippen MR) is 99.7 cm³/mol. The van der Waals surface area contributed by atoms with Gasteiger partial charge in [-0.2, -0.15) is 0 Å². The zero-order chi connectivity index (χ0) is 18.6. The summed E-state index contributed by atoms with van der Waals surface area (Å²) in [6.45, 7) is 5.05. The standard InChI is InChI=1S/C21H25NO4/c1-16-4-3-5-19(12-16)26-15-21(25-2)10-11-22(14-21)13-17-6-8-18(9-7-17)20(23)24/h3-9,12H,10-11,13-15H2,1-2H3,(H,23,24)/t21-/m0/s1. The van der Waals surface area contributed by atoms with Crippen LogP contribution in [-0.2, 0) is 11.3 Å². The van der Waals surface area contributed by atoms with Crippen molar-refractivity contribution in [1.29, 1.82) is 0 Å². The van der Waals surface area contributed by atoms with Crippen LogP contribution in [-0.4, -0.2) is 48.4 Å². The molecule has 1 aliphatic rings. The van der Waals surface area contributed by atoms with E-state index in [1.54, 1.807) is 19.2 Å². The first kappa shape index (κ1) is 18.4. The van der Waals surface area contributed by atoms with Crippen molar-refractivity contribution in [3.63, 3.8) is 0 Å². The Kier molecular flexibility index (Phi) is 5.59. The molecule has 2 aromatic rings. The molecule has 1 atom stereocenters. The summed E-state index contributed by atoms with van der Waals surface area (Å²) in [7, 11) is 1.74. The van der Waals surface area contributed by atoms with E-state index in [0.717, 1.165) is 37.4 Å². The molecule has 0 bridgehead atoms. The summed E-state index contributed by atoms with van der Waals surface area (Å²) in [5.41, 5.74) is 2.27. The monoisotopic (exact) mass is 355 g/mol. The number of methoxy groups -OCH3 is 1. The maximum Gasteiger partial charge on any atom is 0.335 e. The minimum absolute atomic E-state index is 0.313. The molecule has 0 unspecified atom stereocenters. The van der Waals surface area contributed by atoms with E-state index in [0.29, 0.717) is 12.2 Å². The van der Waals surface area contributed by atoms with E-state index in [1.807, 2.05) is 43.3 Å². The van der Waals surface area contributed by atoms with Crippen molar-refractivity contribution in [1.82, 2.24) is 4.90 Å². The third-order valence-electron chi connectivity index (χ3n) is 4.93. The van der Waals surface area contributed by atoms with Gasteiger partial charge in [0.15, 0.2) is 0 Å². The van der Waals surface area contributed by atoms with Gasteiger partial charge in [0, 0.05) is 26.7 Å². The van der Waals surface area contributed by atoms with E-state index in [9.17, 15) is 4.79 Å². The second-order valence-corrected chi connectivity index (χ2v) is 6.96. The SMILES string of the molecule is CO[C@@]1(COc2cccc(C)c2)CCN(Cc2ccc(C(=O)O)cc2)C1. The van der Waals surface area contributed by atoms with Crippen LogP contribution in [0.1, 0.15) is 27.9 Å². The Morgan fingerprint density at radius 2 is 2.00 bits per heavy atom. The molecule has 0 amide bonds. The molecular weight excluding hydrogens is 330 g/mol. The molecule has 26 heavy (non-hydrogen) atoms. The fourth-order valence-corrected chi connectivity index (χ4v) is 3.34. The molecular formula is C21H25NO4. The summed E-state index contributed by atoms with van der Waals surface area (Å²) in [4.78, 5) is 13.3. The van der Waals surface area contributed by atoms with Crippen molar-refractivity contribution in [2.45, 2.75) is 25.5 Å². The highest BCUT2D eigenvalue weighted by molar-refractivity contribution is 5.87. The first-order chi connectivity index (χ1) is 12.5. The lowest BCUT2D eigenvalue weighted by Crippen LogP contribution is -2.41. The molecule has 1 heterocycles. The van der Waals surface area contributed by atoms with E-state index < -0.39 is 5.97 Å². The minimum atomic E-state index is -0.899. The van der Waals surface area contributed by atoms with E-state index in [2.05, 4.69) is 4.90 Å². The molecule has 1 aliphatic heterocycles. The van der Waals surface area contributed by atoms with Crippen LogP contribution in [0.15, 0.2) is 48.5 Å². The smallest absolute Gasteiger partial charge is 0.335 e. The second kappa shape index (κ2) is 7.89. The molecule has 1 N–H and O–H groups in total. The van der Waals surface area contributed by atoms with Gasteiger partial charge >= 0.3 is 5.97 Å². The molecule has 0 aliphatic carbocycles. The van der Waals surface area contributed by atoms with Gasteiger partial charge in [0.25, 0.3) is 0 Å². The number of aromatic carboxylic acids is 1. The molecule has 1 saturated heterocycles. The van der Waals surface area contributed by atoms with Gasteiger partial charge in [0.2, 0.25) is 0 Å². The molecule has 0 aromatic heterocycles. The van der Waals surface area contributed by atoms with Crippen molar-refractivity contribution in [3.05, 3.63) is 65.2 Å². The van der Waals surface area contributed by atoms with Crippen LogP contribution in [0.5, 0.6) is 5.75 Å². The largest absolute Gasteiger partial charge is 0.491 e. The molecule has 138 valence electrons. The lowest BCUT2D eigenvalue weighted by atomic mass is 10.0. The number of nitrogens with zero attached hydrogens (tertiary/aromatic N) is 1. The third-order valence-corrected chi connectivity index (χ3v) is 4.93. The molecule has 0 radical (unpaired) electrons. The van der Waals surface area contributed by atoms with Crippen LogP contribution in [0.25, 0.3) is 0 Å². The molecule has 5 heteroatoms. The van der Waals surface area contributed by atoms with Gasteiger partial charge in [-0.1, -0.05) is 24.3 Å². The van der Waals surface area contributed by atoms with E-state index in [4.69, 9.17) is 14.6 Å². The zero-order valence-electron chi connectivity index (χ0n) is 15.3. The summed E-state index contributed by atoms with van der Waals surface area (Å²) in [5.74, 6) is -0.0337. The number of benzene rings is 2. The average Bonchev–Trinajstić information content (AvgIpc) is 3.04. The number of carboxylic acid groups (broad SMARTS) is 1. The lowest BCUT2D eigenvalue weighted by Gasteiger charge is -2.28. The van der Waals surface area contributed by atoms with Crippen molar-refractivity contribution in [3.8, 4) is 5.75 Å². The summed E-state index contributed by atoms with van der Waals surface area (Å²) in [6, 6.07) is 15.1. The number of rotatable bonds is 7. The Balaban J connectivity index is 1.58. The summed E-state index contributed by atoms with van der Waals surface area (Å²) >= 11 is 0. The third kappa shape index (κ3) is 4.42. The maximum atomic E-state index is 10.9. The van der Waals surface area contributed by atoms with Gasteiger partial charge in [-0.15, -0.1) is 0 Å². The second-order valence-electron chi connectivity index (χ2n) is 6.96. The van der Waals surface area contributed by atoms with Crippen molar-refractivity contribution in [2.75, 3.05) is 26.8 Å². The highest BCUT2D eigenvalue weighted by Gasteiger charge is 2.39. The van der Waals surface area contributed by atoms with Gasteiger partial charge < -0.3 is 14.6 Å². The predicted octanol–water partition coefficient (Wildman–Crippen LogP) is 3.36. The number of likely N-dealkylation sites (tertiary alicyclic amines) is 1. The van der Waals surface area contributed by atoms with Crippen LogP contribution in [0.2, 0.25) is 0 Å². The molecule has 0 spiro atoms. The van der Waals surface area contributed by atoms with Crippen LogP contribution < -0.4 is 4.74 Å². The molecule has 0 saturated carbocycles. The number of carboxylic acids is 1. The highest BCUT2D eigenvalue weighted by Crippen LogP contribution is 2.27. The number of hydrogen-bond donors (Lipinski definition) is 1. The minimum Gasteiger partial charge on any atom is -0.491 e. The number of aryl methyl sites for hydroxylation is 1. The van der Waals surface area contributed by atoms with Gasteiger partial charge in [-0.05, 0) is 48.7 Å². The van der Waals surface area contributed by atoms with Gasteiger partial charge in [-0.25, -0.2) is 4.79 Å². The van der Waals surface area contributed by atoms with Crippen LogP contribution >= 0.6 is 0 Å². The fraction of sp³-hybridized carbons (Fsp3) is 0.381. The Hall–Kier alpha value is -2.37. The molecule has 2 aromatic carbocycles. The molecule has 3 rings (SSSR count). The van der Waals surface area contributed by atoms with Gasteiger partial charge in [0.05, 0.1) is 5.56 Å². The van der Waals surface area contributed by atoms with Crippen LogP contribution in [0, 0.1) is 6.92 Å². The summed E-state index contributed by atoms with van der Waals surface area (Å²) in [5, 5.41) is 8.99. The normalized spacial score (nSPS) is 20.2. The Morgan fingerprint density at radius 1 is 1.23 bits per heavy atom. The average molecular weight is 355 g/mol. The van der Waals surface area contributed by atoms with Crippen molar-refractivity contribution < 1.29 is 19.4 Å². The number of hydrogen-bond acceptors (Lipinski definition) is 4. The van der Waals surface area contributed by atoms with E-state index >= 15 is 0 Å². The zero-order valence-corrected chi connectivity index (χ0v) is 15.3. The van der Waals surface area contributed by atoms with Crippen molar-refractivity contribution in [2.24, 2.45) is 0 Å². The Morgan fingerprint density at radius 3 is 2.65 bits per heavy atom. The Bertz CT molecular complexity index is 759. The summed E-state index contributed by atoms with van der Waals surface area (Å²) in [6.07, 6.45) is 0.905. The number of carbonyl (C=O) groups is 1. The number of ether oxygens (including phenoxy) is 2. The first-order valence-corrected chi connectivity index (χ1v) is 8.79. The topological polar surface area (TPSA) is 59.0 Å². The quantitative estimate of drug-likeness (QED) is 0.825. The van der Waals surface area contributed by atoms with E-state index in [-0.39, 0.29) is 5.60 Å². The Labute approximate surface area is 154 Å². The summed E-state index contributed by atoms with van der Waals surface area (Å²) < 4.78 is 11.8. The van der Waals surface area contributed by atoms with Crippen LogP contribution in [0.4, 0.5) is 0 Å². The fourth-order valence-electron chi connectivity index (χ4n) is 3.34. The maximum absolute atomic E-state index is 10.9. The first-order valence-electron chi connectivity index (χ1n) is 8.79. The van der Waals surface area contributed by atoms with Crippen LogP contribution in [0.3, 0.4) is 0 Å². The molecule has 5 nitrogen and oxygen atoms in total. The van der Waals surface area contributed by atoms with Gasteiger partial charge in [0.1, 0.15) is 18.0 Å². The van der Waals surface area contributed by atoms with E-state index in [1.165, 1.54) is 5.56 Å². The highest BCUT2D eigenvalue weighted by atomic mass is 16.5. The van der Waals surface area contributed by atoms with Crippen molar-refractivity contribution >= 4 is 5.97 Å². The van der Waals surface area contributed by atoms with Gasteiger partial charge in [-0.3, -0.25) is 4.90 Å². The molecule has 1 fully saturated rings. The lowest BCUT2D eigenvalue weighted by molar-refractivity contribution is -0.0359.